The van der Waals surface area contributed by atoms with Crippen molar-refractivity contribution in [2.24, 2.45) is 0 Å². The lowest BCUT2D eigenvalue weighted by molar-refractivity contribution is 0.0519. The van der Waals surface area contributed by atoms with Crippen LogP contribution in [-0.4, -0.2) is 37.9 Å². The molecule has 0 aliphatic carbocycles. The number of nitrogens with one attached hydrogen (secondary N) is 1. The lowest BCUT2D eigenvalue weighted by Gasteiger charge is -2.20. The van der Waals surface area contributed by atoms with Crippen LogP contribution in [0.3, 0.4) is 0 Å². The third kappa shape index (κ3) is 6.06. The average Bonchev–Trinajstić information content (AvgIpc) is 2.42. The molecule has 0 fully saturated rings. The zero-order chi connectivity index (χ0) is 17.6. The van der Waals surface area contributed by atoms with Gasteiger partial charge in [0.25, 0.3) is 0 Å². The molecule has 1 aromatic rings. The number of esters is 1. The molecule has 1 aromatic carbocycles. The van der Waals surface area contributed by atoms with Crippen molar-refractivity contribution in [2.75, 3.05) is 26.0 Å². The number of anilines is 1. The molecule has 1 rings (SSSR count). The zero-order valence-electron chi connectivity index (χ0n) is 14.2. The second-order valence-electron chi connectivity index (χ2n) is 5.98. The summed E-state index contributed by atoms with van der Waals surface area (Å²) in [6, 6.07) is 3.13. The van der Waals surface area contributed by atoms with Crippen LogP contribution >= 0.6 is 0 Å². The van der Waals surface area contributed by atoms with Crippen LogP contribution in [0, 0.1) is 6.92 Å². The average molecular weight is 324 g/mol. The van der Waals surface area contributed by atoms with Gasteiger partial charge in [-0.1, -0.05) is 0 Å². The number of ether oxygens (including phenoxy) is 3. The van der Waals surface area contributed by atoms with Crippen molar-refractivity contribution in [1.29, 1.82) is 0 Å². The molecule has 1 amide bonds. The molecule has 0 atom stereocenters. The summed E-state index contributed by atoms with van der Waals surface area (Å²) in [6.07, 6.45) is -0.508. The standard InChI is InChI=1S/C16H24N2O5/c1-10-8-11(14(19)21-5)9-12(17)13(10)22-7-6-18-15(20)23-16(2,3)4/h8-9H,6-7,17H2,1-5H3,(H,18,20). The number of hydrogen-bond donors (Lipinski definition) is 2. The molecule has 0 unspecified atom stereocenters. The summed E-state index contributed by atoms with van der Waals surface area (Å²) in [5.41, 5.74) is 6.76. The Labute approximate surface area is 136 Å². The molecular weight excluding hydrogens is 300 g/mol. The molecule has 0 radical (unpaired) electrons. The fourth-order valence-electron chi connectivity index (χ4n) is 1.85. The molecule has 0 saturated heterocycles. The number of rotatable bonds is 5. The SMILES string of the molecule is COC(=O)c1cc(C)c(OCCNC(=O)OC(C)(C)C)c(N)c1. The van der Waals surface area contributed by atoms with E-state index in [-0.39, 0.29) is 13.2 Å². The van der Waals surface area contributed by atoms with Crippen LogP contribution < -0.4 is 15.8 Å². The van der Waals surface area contributed by atoms with Crippen LogP contribution in [0.2, 0.25) is 0 Å². The van der Waals surface area contributed by atoms with E-state index in [2.05, 4.69) is 10.1 Å². The van der Waals surface area contributed by atoms with Crippen LogP contribution in [0.25, 0.3) is 0 Å². The van der Waals surface area contributed by atoms with E-state index in [1.165, 1.54) is 13.2 Å². The first-order valence-corrected chi connectivity index (χ1v) is 7.22. The second kappa shape index (κ2) is 7.71. The molecular formula is C16H24N2O5. The fraction of sp³-hybridized carbons (Fsp3) is 0.500. The molecule has 0 heterocycles. The minimum absolute atomic E-state index is 0.224. The maximum Gasteiger partial charge on any atom is 0.407 e. The van der Waals surface area contributed by atoms with E-state index < -0.39 is 17.7 Å². The van der Waals surface area contributed by atoms with Gasteiger partial charge in [-0.3, -0.25) is 0 Å². The summed E-state index contributed by atoms with van der Waals surface area (Å²) in [4.78, 5) is 23.0. The Morgan fingerprint density at radius 3 is 2.43 bits per heavy atom. The second-order valence-corrected chi connectivity index (χ2v) is 5.98. The number of carbonyl (C=O) groups excluding carboxylic acids is 2. The molecule has 23 heavy (non-hydrogen) atoms. The Hall–Kier alpha value is -2.44. The molecule has 0 aliphatic rings. The predicted molar refractivity (Wildman–Crippen MR) is 86.7 cm³/mol. The zero-order valence-corrected chi connectivity index (χ0v) is 14.2. The molecule has 7 heteroatoms. The number of hydrogen-bond acceptors (Lipinski definition) is 6. The van der Waals surface area contributed by atoms with Crippen molar-refractivity contribution in [1.82, 2.24) is 5.32 Å². The monoisotopic (exact) mass is 324 g/mol. The van der Waals surface area contributed by atoms with Crippen LogP contribution in [0.5, 0.6) is 5.75 Å². The van der Waals surface area contributed by atoms with Crippen molar-refractivity contribution >= 4 is 17.7 Å². The summed E-state index contributed by atoms with van der Waals surface area (Å²) in [5.74, 6) is 0.0154. The summed E-state index contributed by atoms with van der Waals surface area (Å²) >= 11 is 0. The number of aryl methyl sites for hydroxylation is 1. The van der Waals surface area contributed by atoms with Crippen molar-refractivity contribution < 1.29 is 23.8 Å². The van der Waals surface area contributed by atoms with E-state index in [1.807, 2.05) is 0 Å². The number of amides is 1. The fourth-order valence-corrected chi connectivity index (χ4v) is 1.85. The van der Waals surface area contributed by atoms with E-state index in [0.717, 1.165) is 0 Å². The number of carbonyl (C=O) groups is 2. The molecule has 0 saturated carbocycles. The lowest BCUT2D eigenvalue weighted by atomic mass is 10.1. The topological polar surface area (TPSA) is 99.9 Å². The molecule has 7 nitrogen and oxygen atoms in total. The Bertz CT molecular complexity index is 555. The maximum absolute atomic E-state index is 11.5. The first kappa shape index (κ1) is 18.6. The maximum atomic E-state index is 11.5. The van der Waals surface area contributed by atoms with Crippen LogP contribution in [-0.2, 0) is 9.47 Å². The van der Waals surface area contributed by atoms with Gasteiger partial charge in [0.15, 0.2) is 0 Å². The van der Waals surface area contributed by atoms with Crippen molar-refractivity contribution in [3.8, 4) is 5.75 Å². The molecule has 0 aliphatic heterocycles. The van der Waals surface area contributed by atoms with Gasteiger partial charge in [0.2, 0.25) is 0 Å². The van der Waals surface area contributed by atoms with Crippen molar-refractivity contribution in [3.05, 3.63) is 23.3 Å². The van der Waals surface area contributed by atoms with Gasteiger partial charge >= 0.3 is 12.1 Å². The van der Waals surface area contributed by atoms with Gasteiger partial charge in [0.05, 0.1) is 24.9 Å². The number of nitrogen functional groups attached to an aromatic ring is 1. The Kier molecular flexibility index (Phi) is 6.24. The Morgan fingerprint density at radius 1 is 1.26 bits per heavy atom. The van der Waals surface area contributed by atoms with E-state index in [4.69, 9.17) is 15.2 Å². The van der Waals surface area contributed by atoms with Gasteiger partial charge in [0, 0.05) is 0 Å². The third-order valence-electron chi connectivity index (χ3n) is 2.74. The normalized spacial score (nSPS) is 10.8. The number of alkyl carbamates (subject to hydrolysis) is 1. The Morgan fingerprint density at radius 2 is 1.91 bits per heavy atom. The summed E-state index contributed by atoms with van der Waals surface area (Å²) in [7, 11) is 1.31. The smallest absolute Gasteiger partial charge is 0.407 e. The predicted octanol–water partition coefficient (Wildman–Crippen LogP) is 2.27. The molecule has 0 bridgehead atoms. The highest BCUT2D eigenvalue weighted by atomic mass is 16.6. The van der Waals surface area contributed by atoms with Gasteiger partial charge in [-0.25, -0.2) is 9.59 Å². The van der Waals surface area contributed by atoms with Gasteiger partial charge in [-0.15, -0.1) is 0 Å². The number of nitrogens with two attached hydrogens (primary N) is 1. The van der Waals surface area contributed by atoms with Gasteiger partial charge < -0.3 is 25.3 Å². The molecule has 3 N–H and O–H groups in total. The van der Waals surface area contributed by atoms with E-state index in [0.29, 0.717) is 22.6 Å². The lowest BCUT2D eigenvalue weighted by Crippen LogP contribution is -2.34. The first-order valence-electron chi connectivity index (χ1n) is 7.22. The largest absolute Gasteiger partial charge is 0.489 e. The number of methoxy groups -OCH3 is 1. The number of benzene rings is 1. The van der Waals surface area contributed by atoms with E-state index in [1.54, 1.807) is 33.8 Å². The molecule has 128 valence electrons. The van der Waals surface area contributed by atoms with Crippen molar-refractivity contribution in [3.63, 3.8) is 0 Å². The van der Waals surface area contributed by atoms with Crippen molar-refractivity contribution in [2.45, 2.75) is 33.3 Å². The summed E-state index contributed by atoms with van der Waals surface area (Å²) in [5, 5.41) is 2.59. The van der Waals surface area contributed by atoms with Gasteiger partial charge in [-0.2, -0.15) is 0 Å². The van der Waals surface area contributed by atoms with Gasteiger partial charge in [0.1, 0.15) is 18.0 Å². The highest BCUT2D eigenvalue weighted by molar-refractivity contribution is 5.91. The highest BCUT2D eigenvalue weighted by Gasteiger charge is 2.16. The van der Waals surface area contributed by atoms with E-state index >= 15 is 0 Å². The quantitative estimate of drug-likeness (QED) is 0.489. The minimum Gasteiger partial charge on any atom is -0.489 e. The van der Waals surface area contributed by atoms with Crippen LogP contribution in [0.15, 0.2) is 12.1 Å². The first-order chi connectivity index (χ1) is 10.6. The summed E-state index contributed by atoms with van der Waals surface area (Å²) in [6.45, 7) is 7.63. The minimum atomic E-state index is -0.546. The molecule has 0 aromatic heterocycles. The van der Waals surface area contributed by atoms with Gasteiger partial charge in [-0.05, 0) is 45.4 Å². The summed E-state index contributed by atoms with van der Waals surface area (Å²) < 4.78 is 15.3. The van der Waals surface area contributed by atoms with Crippen LogP contribution in [0.4, 0.5) is 10.5 Å². The third-order valence-corrected chi connectivity index (χ3v) is 2.74. The van der Waals surface area contributed by atoms with E-state index in [9.17, 15) is 9.59 Å². The Balaban J connectivity index is 2.56. The van der Waals surface area contributed by atoms with Crippen LogP contribution in [0.1, 0.15) is 36.7 Å². The molecule has 0 spiro atoms. The highest BCUT2D eigenvalue weighted by Crippen LogP contribution is 2.28.